The Morgan fingerprint density at radius 3 is 1.35 bits per heavy atom. The van der Waals surface area contributed by atoms with E-state index in [0.29, 0.717) is 76.6 Å². The molecule has 422 valence electrons. The molecule has 0 saturated carbocycles. The fourth-order valence-corrected chi connectivity index (χ4v) is 11.2. The van der Waals surface area contributed by atoms with Crippen molar-refractivity contribution >= 4 is 35.4 Å². The van der Waals surface area contributed by atoms with Gasteiger partial charge in [0.05, 0.1) is 62.9 Å². The van der Waals surface area contributed by atoms with Crippen LogP contribution in [0.3, 0.4) is 0 Å². The van der Waals surface area contributed by atoms with Crippen LogP contribution in [0.2, 0.25) is 0 Å². The van der Waals surface area contributed by atoms with Crippen molar-refractivity contribution in [3.05, 3.63) is 95.6 Å². The molecule has 4 aliphatic rings. The van der Waals surface area contributed by atoms with E-state index in [-0.39, 0.29) is 47.5 Å². The van der Waals surface area contributed by atoms with Gasteiger partial charge in [0.15, 0.2) is 0 Å². The monoisotopic (exact) mass is 1080 g/mol. The number of likely N-dealkylation sites (N-methyl/N-ethyl adjacent to an activating group) is 2. The van der Waals surface area contributed by atoms with Gasteiger partial charge in [-0.05, 0) is 103 Å². The Hall–Kier alpha value is -6.62. The van der Waals surface area contributed by atoms with Gasteiger partial charge in [0, 0.05) is 25.3 Å². The number of fused-ring (bicyclic) bond motifs is 2. The number of nitrogens with one attached hydrogen (secondary N) is 6. The molecule has 0 bridgehead atoms. The molecule has 4 aromatic rings. The summed E-state index contributed by atoms with van der Waals surface area (Å²) in [5, 5.41) is 35.8. The summed E-state index contributed by atoms with van der Waals surface area (Å²) in [5.41, 5.74) is 2.80. The first-order valence-electron chi connectivity index (χ1n) is 28.2. The molecule has 0 aliphatic carbocycles. The number of hydrogen-bond donors (Lipinski definition) is 6. The number of aromatic nitrogens is 6. The van der Waals surface area contributed by atoms with E-state index in [9.17, 15) is 28.8 Å². The average molecular weight is 1080 g/mol. The Balaban J connectivity index is 0.771. The zero-order valence-corrected chi connectivity index (χ0v) is 45.7. The van der Waals surface area contributed by atoms with Crippen LogP contribution >= 0.6 is 0 Å². The minimum absolute atomic E-state index is 0.0636. The predicted octanol–water partition coefficient (Wildman–Crippen LogP) is 2.85. The van der Waals surface area contributed by atoms with E-state index >= 15 is 0 Å². The van der Waals surface area contributed by atoms with Crippen molar-refractivity contribution in [1.29, 1.82) is 0 Å². The number of ether oxygens (including phenoxy) is 2. The summed E-state index contributed by atoms with van der Waals surface area (Å²) in [6.45, 7) is 6.29. The minimum Gasteiger partial charge on any atom is -0.380 e. The molecule has 0 unspecified atom stereocenters. The molecule has 22 heteroatoms. The molecule has 0 radical (unpaired) electrons. The molecule has 6 heterocycles. The van der Waals surface area contributed by atoms with Crippen molar-refractivity contribution in [3.63, 3.8) is 0 Å². The highest BCUT2D eigenvalue weighted by atomic mass is 16.5. The lowest BCUT2D eigenvalue weighted by Gasteiger charge is -2.36. The molecule has 2 aromatic heterocycles. The van der Waals surface area contributed by atoms with Crippen LogP contribution in [-0.2, 0) is 51.3 Å². The quantitative estimate of drug-likeness (QED) is 0.0522. The van der Waals surface area contributed by atoms with E-state index in [2.05, 4.69) is 52.5 Å². The first-order valence-corrected chi connectivity index (χ1v) is 28.2. The maximum Gasteiger partial charge on any atom is 0.246 e. The van der Waals surface area contributed by atoms with Crippen molar-refractivity contribution in [2.24, 2.45) is 0 Å². The number of benzene rings is 2. The van der Waals surface area contributed by atoms with Gasteiger partial charge in [0.1, 0.15) is 35.6 Å². The highest BCUT2D eigenvalue weighted by Gasteiger charge is 2.46. The molecule has 4 fully saturated rings. The van der Waals surface area contributed by atoms with E-state index in [1.54, 1.807) is 47.1 Å². The van der Waals surface area contributed by atoms with Crippen LogP contribution in [0.1, 0.15) is 138 Å². The first-order chi connectivity index (χ1) is 37.9. The van der Waals surface area contributed by atoms with Gasteiger partial charge >= 0.3 is 0 Å². The average Bonchev–Trinajstić information content (AvgIpc) is 4.32. The summed E-state index contributed by atoms with van der Waals surface area (Å²) in [4.78, 5) is 85.7. The second-order valence-electron chi connectivity index (χ2n) is 21.1. The molecule has 6 N–H and O–H groups in total. The smallest absolute Gasteiger partial charge is 0.246 e. The highest BCUT2D eigenvalue weighted by molar-refractivity contribution is 5.95. The van der Waals surface area contributed by atoms with Crippen molar-refractivity contribution < 1.29 is 38.2 Å². The summed E-state index contributed by atoms with van der Waals surface area (Å²) >= 11 is 0. The van der Waals surface area contributed by atoms with E-state index in [4.69, 9.17) is 9.47 Å². The Morgan fingerprint density at radius 1 is 0.551 bits per heavy atom. The molecule has 8 rings (SSSR count). The van der Waals surface area contributed by atoms with Gasteiger partial charge in [-0.25, -0.2) is 9.36 Å². The highest BCUT2D eigenvalue weighted by Crippen LogP contribution is 2.34. The number of nitrogens with zero attached hydrogens (tertiary/aromatic N) is 8. The first kappa shape index (κ1) is 57.6. The normalized spacial score (nSPS) is 23.1. The van der Waals surface area contributed by atoms with Gasteiger partial charge in [-0.2, -0.15) is 0 Å². The number of carbonyl (C=O) groups is 6. The van der Waals surface area contributed by atoms with Gasteiger partial charge in [0.25, 0.3) is 0 Å². The van der Waals surface area contributed by atoms with Gasteiger partial charge in [-0.3, -0.25) is 28.8 Å². The van der Waals surface area contributed by atoms with Crippen LogP contribution < -0.4 is 31.9 Å². The van der Waals surface area contributed by atoms with Crippen LogP contribution in [-0.4, -0.2) is 164 Å². The molecule has 0 spiro atoms. The Bertz CT molecular complexity index is 2420. The van der Waals surface area contributed by atoms with Crippen LogP contribution in [0.5, 0.6) is 0 Å². The molecule has 10 atom stereocenters. The summed E-state index contributed by atoms with van der Waals surface area (Å²) in [6, 6.07) is 14.2. The zero-order valence-electron chi connectivity index (χ0n) is 45.7. The lowest BCUT2D eigenvalue weighted by Crippen LogP contribution is -2.58. The Morgan fingerprint density at radius 2 is 0.949 bits per heavy atom. The third kappa shape index (κ3) is 14.7. The number of carbonyl (C=O) groups excluding carboxylic acids is 6. The molecule has 4 saturated heterocycles. The number of rotatable bonds is 25. The minimum atomic E-state index is -0.689. The SMILES string of the molecule is CN[C@@H](C)C(=O)N[C@H]1CCCC[C@H]2CC[C@@H](C(=O)N[C@H](c3ccccc3)c3cn(CCOCCCCOCCn4cc([C@@H](NC(=O)[C@@H]5CC[C@@H]6CCCC[C@H](NC(=O)[C@H](C)NC)C(=O)N65)c5ccccc5)nn4)nn3)N2C1=O. The van der Waals surface area contributed by atoms with E-state index in [1.807, 2.05) is 73.1 Å². The molecule has 78 heavy (non-hydrogen) atoms. The number of amides is 6. The van der Waals surface area contributed by atoms with Crippen molar-refractivity contribution in [2.75, 3.05) is 40.5 Å². The topological polar surface area (TPSA) is 261 Å². The van der Waals surface area contributed by atoms with Crippen molar-refractivity contribution in [3.8, 4) is 0 Å². The molecular weight excluding hydrogens is 997 g/mol. The fourth-order valence-electron chi connectivity index (χ4n) is 11.2. The standard InChI is InChI=1S/C56H80N14O8/c1-37(57-3)51(71)59-43-23-13-11-21-41-25-27-47(69(41)55(43)75)53(73)61-49(39-17-7-5-8-18-39)45-35-67(65-63-45)29-33-77-31-15-16-32-78-34-30-68-36-46(64-66-68)50(40-19-9-6-10-20-40)62-54(74)48-28-26-42-22-12-14-24-44(56(76)70(42)48)60-52(72)38(2)58-4/h5-10,17-20,35-38,41-44,47-50,57-58H,11-16,21-34H2,1-4H3,(H,59,71)(H,60,72)(H,61,73)(H,62,74)/t37-,38-,41-,42-,43-,44-,47-,48-,49-,50+/m0/s1. The Kier molecular flexibility index (Phi) is 20.9. The van der Waals surface area contributed by atoms with E-state index < -0.39 is 48.3 Å². The molecular formula is C56H80N14O8. The largest absolute Gasteiger partial charge is 0.380 e. The van der Waals surface area contributed by atoms with Gasteiger partial charge in [-0.1, -0.05) is 96.8 Å². The second-order valence-corrected chi connectivity index (χ2v) is 21.1. The molecule has 6 amide bonds. The summed E-state index contributed by atoms with van der Waals surface area (Å²) in [6.07, 6.45) is 13.9. The van der Waals surface area contributed by atoms with Crippen LogP contribution in [0.4, 0.5) is 0 Å². The summed E-state index contributed by atoms with van der Waals surface area (Å²) in [5.74, 6) is -1.43. The maximum absolute atomic E-state index is 14.2. The fraction of sp³-hybridized carbons (Fsp3) is 0.607. The lowest BCUT2D eigenvalue weighted by molar-refractivity contribution is -0.144. The Labute approximate surface area is 457 Å². The van der Waals surface area contributed by atoms with Crippen molar-refractivity contribution in [1.82, 2.24) is 71.7 Å². The van der Waals surface area contributed by atoms with E-state index in [0.717, 1.165) is 75.3 Å². The number of unbranched alkanes of at least 4 members (excludes halogenated alkanes) is 1. The predicted molar refractivity (Wildman–Crippen MR) is 289 cm³/mol. The number of hydrogen-bond acceptors (Lipinski definition) is 14. The molecule has 2 aromatic carbocycles. The molecule has 22 nitrogen and oxygen atoms in total. The zero-order chi connectivity index (χ0) is 55.0. The summed E-state index contributed by atoms with van der Waals surface area (Å²) < 4.78 is 15.3. The lowest BCUT2D eigenvalue weighted by atomic mass is 9.98. The van der Waals surface area contributed by atoms with Crippen molar-refractivity contribution in [2.45, 2.75) is 177 Å². The van der Waals surface area contributed by atoms with Crippen LogP contribution in [0.15, 0.2) is 73.1 Å². The van der Waals surface area contributed by atoms with Crippen LogP contribution in [0.25, 0.3) is 0 Å². The second kappa shape index (κ2) is 28.3. The third-order valence-corrected chi connectivity index (χ3v) is 15.9. The molecule has 4 aliphatic heterocycles. The van der Waals surface area contributed by atoms with E-state index in [1.165, 1.54) is 0 Å². The maximum atomic E-state index is 14.2. The van der Waals surface area contributed by atoms with Crippen LogP contribution in [0, 0.1) is 0 Å². The van der Waals surface area contributed by atoms with Gasteiger partial charge in [-0.15, -0.1) is 10.2 Å². The van der Waals surface area contributed by atoms with Gasteiger partial charge in [0.2, 0.25) is 35.4 Å². The summed E-state index contributed by atoms with van der Waals surface area (Å²) in [7, 11) is 3.41. The third-order valence-electron chi connectivity index (χ3n) is 15.9. The van der Waals surface area contributed by atoms with Gasteiger partial charge < -0.3 is 51.2 Å².